The van der Waals surface area contributed by atoms with E-state index in [0.29, 0.717) is 17.6 Å². The van der Waals surface area contributed by atoms with Gasteiger partial charge in [0.1, 0.15) is 11.2 Å². The molecule has 7 nitrogen and oxygen atoms in total. The molecule has 0 aliphatic rings. The van der Waals surface area contributed by atoms with Gasteiger partial charge >= 0.3 is 5.97 Å². The Hall–Kier alpha value is -2.71. The first-order chi connectivity index (χ1) is 14.8. The number of unbranched alkanes of at least 4 members (excludes halogenated alkanes) is 5. The van der Waals surface area contributed by atoms with Gasteiger partial charge in [-0.25, -0.2) is 17.9 Å². The Morgan fingerprint density at radius 3 is 2.42 bits per heavy atom. The number of hydrogen-bond acceptors (Lipinski definition) is 5. The van der Waals surface area contributed by atoms with Crippen LogP contribution in [0.3, 0.4) is 0 Å². The molecule has 2 N–H and O–H groups in total. The third-order valence-electron chi connectivity index (χ3n) is 5.45. The lowest BCUT2D eigenvalue weighted by Gasteiger charge is -2.11. The van der Waals surface area contributed by atoms with Gasteiger partial charge in [0.2, 0.25) is 15.5 Å². The first kappa shape index (κ1) is 23.0. The summed E-state index contributed by atoms with van der Waals surface area (Å²) >= 11 is 0. The number of sulfonamides is 1. The maximum Gasteiger partial charge on any atom is 0.335 e. The summed E-state index contributed by atoms with van der Waals surface area (Å²) in [5, 5.41) is 9.47. The Labute approximate surface area is 181 Å². The van der Waals surface area contributed by atoms with Gasteiger partial charge in [0.05, 0.1) is 21.2 Å². The summed E-state index contributed by atoms with van der Waals surface area (Å²) in [7, 11) is -2.46. The van der Waals surface area contributed by atoms with Crippen LogP contribution >= 0.6 is 0 Å². The lowest BCUT2D eigenvalue weighted by atomic mass is 10.0. The first-order valence-corrected chi connectivity index (χ1v) is 12.0. The molecule has 166 valence electrons. The third kappa shape index (κ3) is 4.97. The summed E-state index contributed by atoms with van der Waals surface area (Å²) < 4.78 is 33.1. The van der Waals surface area contributed by atoms with Crippen molar-refractivity contribution in [1.82, 2.24) is 4.72 Å². The topological polar surface area (TPSA) is 114 Å². The predicted molar refractivity (Wildman–Crippen MR) is 120 cm³/mol. The number of benzene rings is 2. The number of aryl methyl sites for hydroxylation is 1. The lowest BCUT2D eigenvalue weighted by Crippen LogP contribution is -2.19. The molecule has 0 bridgehead atoms. The number of carbonyl (C=O) groups is 1. The van der Waals surface area contributed by atoms with E-state index in [2.05, 4.69) is 11.6 Å². The SMILES string of the molecule is CCCCCCCCc1cc(S(=O)(=O)NC)cc2c(=O)c3cc(C(=O)O)ccc3oc12. The molecule has 31 heavy (non-hydrogen) atoms. The minimum absolute atomic E-state index is 0.00970. The summed E-state index contributed by atoms with van der Waals surface area (Å²) in [6.45, 7) is 2.16. The molecule has 3 rings (SSSR count). The Kier molecular flexibility index (Phi) is 7.12. The van der Waals surface area contributed by atoms with Crippen LogP contribution in [0.2, 0.25) is 0 Å². The Morgan fingerprint density at radius 1 is 1.03 bits per heavy atom. The van der Waals surface area contributed by atoms with Crippen LogP contribution in [0.25, 0.3) is 21.9 Å². The number of carboxylic acid groups (broad SMARTS) is 1. The van der Waals surface area contributed by atoms with E-state index < -0.39 is 21.4 Å². The molecular formula is C23H27NO6S. The largest absolute Gasteiger partial charge is 0.478 e. The minimum Gasteiger partial charge on any atom is -0.478 e. The van der Waals surface area contributed by atoms with E-state index in [9.17, 15) is 23.1 Å². The second kappa shape index (κ2) is 9.62. The number of rotatable bonds is 10. The zero-order valence-electron chi connectivity index (χ0n) is 17.7. The normalized spacial score (nSPS) is 11.9. The number of hydrogen-bond donors (Lipinski definition) is 2. The highest BCUT2D eigenvalue weighted by molar-refractivity contribution is 7.89. The molecular weight excluding hydrogens is 418 g/mol. The predicted octanol–water partition coefficient (Wildman–Crippen LogP) is 4.46. The van der Waals surface area contributed by atoms with E-state index in [1.165, 1.54) is 37.7 Å². The van der Waals surface area contributed by atoms with Gasteiger partial charge < -0.3 is 9.52 Å². The Balaban J connectivity index is 2.13. The summed E-state index contributed by atoms with van der Waals surface area (Å²) in [5.74, 6) is -1.16. The van der Waals surface area contributed by atoms with E-state index in [1.807, 2.05) is 0 Å². The van der Waals surface area contributed by atoms with Crippen molar-refractivity contribution in [3.8, 4) is 0 Å². The maximum absolute atomic E-state index is 13.2. The molecule has 3 aromatic rings. The summed E-state index contributed by atoms with van der Waals surface area (Å²) in [5.41, 5.74) is 0.797. The molecule has 2 aromatic carbocycles. The first-order valence-electron chi connectivity index (χ1n) is 10.5. The molecule has 8 heteroatoms. The van der Waals surface area contributed by atoms with Crippen LogP contribution in [0.5, 0.6) is 0 Å². The van der Waals surface area contributed by atoms with Crippen LogP contribution in [0, 0.1) is 0 Å². The Morgan fingerprint density at radius 2 is 1.74 bits per heavy atom. The Bertz CT molecular complexity index is 1280. The number of fused-ring (bicyclic) bond motifs is 2. The van der Waals surface area contributed by atoms with E-state index >= 15 is 0 Å². The van der Waals surface area contributed by atoms with Crippen molar-refractivity contribution in [3.63, 3.8) is 0 Å². The molecule has 0 atom stereocenters. The van der Waals surface area contributed by atoms with Crippen LogP contribution in [0.1, 0.15) is 61.4 Å². The average Bonchev–Trinajstić information content (AvgIpc) is 2.76. The average molecular weight is 446 g/mol. The van der Waals surface area contributed by atoms with Gasteiger partial charge in [0.25, 0.3) is 0 Å². The van der Waals surface area contributed by atoms with Gasteiger partial charge in [-0.1, -0.05) is 39.0 Å². The van der Waals surface area contributed by atoms with Crippen LogP contribution in [0.4, 0.5) is 0 Å². The van der Waals surface area contributed by atoms with Gasteiger partial charge in [0.15, 0.2) is 0 Å². The molecule has 0 aliphatic carbocycles. The molecule has 1 heterocycles. The van der Waals surface area contributed by atoms with E-state index in [-0.39, 0.29) is 26.8 Å². The molecule has 0 saturated carbocycles. The number of aromatic carboxylic acids is 1. The van der Waals surface area contributed by atoms with Crippen molar-refractivity contribution >= 4 is 37.9 Å². The summed E-state index contributed by atoms with van der Waals surface area (Å²) in [6.07, 6.45) is 7.06. The number of nitrogens with one attached hydrogen (secondary N) is 1. The van der Waals surface area contributed by atoms with Crippen LogP contribution < -0.4 is 10.2 Å². The van der Waals surface area contributed by atoms with E-state index in [4.69, 9.17) is 4.42 Å². The molecule has 0 fully saturated rings. The second-order valence-electron chi connectivity index (χ2n) is 7.63. The highest BCUT2D eigenvalue weighted by atomic mass is 32.2. The maximum atomic E-state index is 13.2. The third-order valence-corrected chi connectivity index (χ3v) is 6.84. The fraction of sp³-hybridized carbons (Fsp3) is 0.391. The summed E-state index contributed by atoms with van der Waals surface area (Å²) in [4.78, 5) is 24.4. The van der Waals surface area contributed by atoms with Crippen molar-refractivity contribution in [1.29, 1.82) is 0 Å². The van der Waals surface area contributed by atoms with Crippen molar-refractivity contribution in [2.45, 2.75) is 56.8 Å². The standard InChI is InChI=1S/C23H27NO6S/c1-3-4-5-6-7-8-9-15-12-17(31(28,29)24-2)14-19-21(25)18-13-16(23(26)27)10-11-20(18)30-22(15)19/h10-14,24H,3-9H2,1-2H3,(H,26,27). The van der Waals surface area contributed by atoms with Crippen molar-refractivity contribution in [3.05, 3.63) is 51.7 Å². The van der Waals surface area contributed by atoms with Crippen molar-refractivity contribution in [2.75, 3.05) is 7.05 Å². The van der Waals surface area contributed by atoms with Gasteiger partial charge in [-0.15, -0.1) is 0 Å². The van der Waals surface area contributed by atoms with E-state index in [0.717, 1.165) is 32.1 Å². The molecule has 0 unspecified atom stereocenters. The lowest BCUT2D eigenvalue weighted by molar-refractivity contribution is 0.0697. The smallest absolute Gasteiger partial charge is 0.335 e. The highest BCUT2D eigenvalue weighted by Gasteiger charge is 2.19. The minimum atomic E-state index is -3.77. The molecule has 1 aromatic heterocycles. The summed E-state index contributed by atoms with van der Waals surface area (Å²) in [6, 6.07) is 6.96. The van der Waals surface area contributed by atoms with Crippen molar-refractivity contribution < 1.29 is 22.7 Å². The van der Waals surface area contributed by atoms with Gasteiger partial charge in [-0.3, -0.25) is 4.79 Å². The molecule has 0 amide bonds. The molecule has 0 aliphatic heterocycles. The van der Waals surface area contributed by atoms with Crippen molar-refractivity contribution in [2.24, 2.45) is 0 Å². The fourth-order valence-corrected chi connectivity index (χ4v) is 4.49. The monoisotopic (exact) mass is 445 g/mol. The van der Waals surface area contributed by atoms with Crippen LogP contribution in [-0.4, -0.2) is 26.5 Å². The van der Waals surface area contributed by atoms with Gasteiger partial charge in [-0.2, -0.15) is 0 Å². The zero-order chi connectivity index (χ0) is 22.6. The number of carboxylic acids is 1. The molecule has 0 spiro atoms. The highest BCUT2D eigenvalue weighted by Crippen LogP contribution is 2.27. The van der Waals surface area contributed by atoms with Gasteiger partial charge in [0, 0.05) is 0 Å². The van der Waals surface area contributed by atoms with Gasteiger partial charge in [-0.05, 0) is 55.8 Å². The quantitative estimate of drug-likeness (QED) is 0.352. The fourth-order valence-electron chi connectivity index (χ4n) is 3.69. The van der Waals surface area contributed by atoms with Crippen LogP contribution in [0.15, 0.2) is 44.4 Å². The molecule has 0 saturated heterocycles. The van der Waals surface area contributed by atoms with Crippen LogP contribution in [-0.2, 0) is 16.4 Å². The van der Waals surface area contributed by atoms with E-state index in [1.54, 1.807) is 6.07 Å². The second-order valence-corrected chi connectivity index (χ2v) is 9.52. The molecule has 0 radical (unpaired) electrons. The zero-order valence-corrected chi connectivity index (χ0v) is 18.5.